The molecule has 1 amide bonds. The number of para-hydroxylation sites is 1. The average Bonchev–Trinajstić information content (AvgIpc) is 3.01. The predicted octanol–water partition coefficient (Wildman–Crippen LogP) is 1.93. The van der Waals surface area contributed by atoms with Crippen LogP contribution in [-0.4, -0.2) is 58.3 Å². The van der Waals surface area contributed by atoms with E-state index in [0.717, 1.165) is 37.0 Å². The Morgan fingerprint density at radius 3 is 2.67 bits per heavy atom. The van der Waals surface area contributed by atoms with Crippen LogP contribution in [-0.2, 0) is 6.54 Å². The van der Waals surface area contributed by atoms with Crippen molar-refractivity contribution in [1.82, 2.24) is 20.1 Å². The molecule has 1 aromatic carbocycles. The number of hydrogen-bond acceptors (Lipinski definition) is 7. The van der Waals surface area contributed by atoms with E-state index in [4.69, 9.17) is 10.5 Å². The summed E-state index contributed by atoms with van der Waals surface area (Å²) in [5.74, 6) is 0.592. The zero-order chi connectivity index (χ0) is 19.0. The minimum absolute atomic E-state index is 0.0174. The molecule has 1 fully saturated rings. The normalized spacial score (nSPS) is 25.1. The van der Waals surface area contributed by atoms with Gasteiger partial charge in [-0.2, -0.15) is 0 Å². The van der Waals surface area contributed by atoms with Crippen LogP contribution in [0.2, 0.25) is 0 Å². The van der Waals surface area contributed by atoms with E-state index in [0.29, 0.717) is 19.1 Å². The molecule has 2 aromatic rings. The molecule has 0 bridgehead atoms. The van der Waals surface area contributed by atoms with Crippen LogP contribution in [0.15, 0.2) is 28.9 Å². The minimum atomic E-state index is -0.402. The van der Waals surface area contributed by atoms with E-state index in [1.807, 2.05) is 24.3 Å². The first-order valence-electron chi connectivity index (χ1n) is 9.28. The van der Waals surface area contributed by atoms with Crippen molar-refractivity contribution in [2.75, 3.05) is 26.4 Å². The van der Waals surface area contributed by atoms with E-state index in [1.165, 1.54) is 0 Å². The highest BCUT2D eigenvalue weighted by atomic mass is 16.6. The van der Waals surface area contributed by atoms with Gasteiger partial charge in [0.15, 0.2) is 0 Å². The molecule has 144 valence electrons. The van der Waals surface area contributed by atoms with Crippen molar-refractivity contribution >= 4 is 11.7 Å². The first kappa shape index (κ1) is 17.8. The molecule has 8 nitrogen and oxygen atoms in total. The lowest BCUT2D eigenvalue weighted by Crippen LogP contribution is -2.51. The Bertz CT molecular complexity index is 826. The molecule has 0 radical (unpaired) electrons. The van der Waals surface area contributed by atoms with Crippen molar-refractivity contribution in [3.63, 3.8) is 0 Å². The van der Waals surface area contributed by atoms with Crippen LogP contribution in [0, 0.1) is 0 Å². The molecule has 0 unspecified atom stereocenters. The number of nitrogens with zero attached hydrogens (tertiary/aromatic N) is 4. The SMILES string of the molecule is CN(C)C1CCC2(CC1)CN(C(=O)c1nonc1N)Cc1ccccc1O2. The minimum Gasteiger partial charge on any atom is -0.485 e. The summed E-state index contributed by atoms with van der Waals surface area (Å²) in [6.07, 6.45) is 3.84. The number of nitrogens with two attached hydrogens (primary N) is 1. The van der Waals surface area contributed by atoms with E-state index >= 15 is 0 Å². The van der Waals surface area contributed by atoms with Crippen molar-refractivity contribution in [1.29, 1.82) is 0 Å². The lowest BCUT2D eigenvalue weighted by atomic mass is 9.81. The lowest BCUT2D eigenvalue weighted by molar-refractivity contribution is -0.00947. The Kier molecular flexibility index (Phi) is 4.51. The molecule has 2 heterocycles. The summed E-state index contributed by atoms with van der Waals surface area (Å²) in [6, 6.07) is 8.43. The number of hydrogen-bond donors (Lipinski definition) is 1. The van der Waals surface area contributed by atoms with Gasteiger partial charge in [0.1, 0.15) is 11.4 Å². The number of anilines is 1. The van der Waals surface area contributed by atoms with Gasteiger partial charge in [0, 0.05) is 18.2 Å². The Morgan fingerprint density at radius 2 is 2.00 bits per heavy atom. The topological polar surface area (TPSA) is 97.7 Å². The van der Waals surface area contributed by atoms with Crippen molar-refractivity contribution in [3.05, 3.63) is 35.5 Å². The molecule has 2 N–H and O–H groups in total. The predicted molar refractivity (Wildman–Crippen MR) is 99.2 cm³/mol. The van der Waals surface area contributed by atoms with Crippen LogP contribution in [0.4, 0.5) is 5.82 Å². The summed E-state index contributed by atoms with van der Waals surface area (Å²) in [4.78, 5) is 17.1. The van der Waals surface area contributed by atoms with Crippen LogP contribution in [0.3, 0.4) is 0 Å². The largest absolute Gasteiger partial charge is 0.485 e. The fraction of sp³-hybridized carbons (Fsp3) is 0.526. The number of benzene rings is 1. The van der Waals surface area contributed by atoms with E-state index in [-0.39, 0.29) is 17.4 Å². The molecule has 27 heavy (non-hydrogen) atoms. The first-order chi connectivity index (χ1) is 13.0. The molecule has 0 atom stereocenters. The van der Waals surface area contributed by atoms with Gasteiger partial charge in [-0.05, 0) is 56.2 Å². The van der Waals surface area contributed by atoms with Crippen LogP contribution >= 0.6 is 0 Å². The van der Waals surface area contributed by atoms with Crippen molar-refractivity contribution in [3.8, 4) is 5.75 Å². The highest BCUT2D eigenvalue weighted by Crippen LogP contribution is 2.39. The Morgan fingerprint density at radius 1 is 1.26 bits per heavy atom. The second-order valence-electron chi connectivity index (χ2n) is 7.75. The molecule has 2 aliphatic rings. The van der Waals surface area contributed by atoms with E-state index in [9.17, 15) is 4.79 Å². The van der Waals surface area contributed by atoms with Crippen LogP contribution in [0.25, 0.3) is 0 Å². The summed E-state index contributed by atoms with van der Waals surface area (Å²) in [7, 11) is 4.23. The third kappa shape index (κ3) is 3.37. The maximum absolute atomic E-state index is 13.1. The molecule has 1 saturated carbocycles. The Hall–Kier alpha value is -2.61. The first-order valence-corrected chi connectivity index (χ1v) is 9.28. The van der Waals surface area contributed by atoms with E-state index < -0.39 is 5.60 Å². The monoisotopic (exact) mass is 371 g/mol. The highest BCUT2D eigenvalue weighted by Gasteiger charge is 2.43. The summed E-state index contributed by atoms with van der Waals surface area (Å²) < 4.78 is 11.2. The van der Waals surface area contributed by atoms with Gasteiger partial charge in [0.05, 0.1) is 6.54 Å². The third-order valence-corrected chi connectivity index (χ3v) is 5.74. The molecule has 1 spiro atoms. The number of amides is 1. The lowest BCUT2D eigenvalue weighted by Gasteiger charge is -2.42. The molecule has 8 heteroatoms. The van der Waals surface area contributed by atoms with Gasteiger partial charge in [0.2, 0.25) is 11.5 Å². The summed E-state index contributed by atoms with van der Waals surface area (Å²) in [5, 5.41) is 7.24. The van der Waals surface area contributed by atoms with Crippen LogP contribution in [0.5, 0.6) is 5.75 Å². The van der Waals surface area contributed by atoms with E-state index in [2.05, 4.69) is 33.9 Å². The van der Waals surface area contributed by atoms with Crippen molar-refractivity contribution < 1.29 is 14.2 Å². The number of ether oxygens (including phenoxy) is 1. The summed E-state index contributed by atoms with van der Waals surface area (Å²) in [6.45, 7) is 0.938. The van der Waals surface area contributed by atoms with E-state index in [1.54, 1.807) is 4.90 Å². The number of nitrogen functional groups attached to an aromatic ring is 1. The van der Waals surface area contributed by atoms with Gasteiger partial charge in [-0.25, -0.2) is 4.63 Å². The van der Waals surface area contributed by atoms with Crippen molar-refractivity contribution in [2.24, 2.45) is 0 Å². The average molecular weight is 371 g/mol. The molecule has 1 aliphatic carbocycles. The quantitative estimate of drug-likeness (QED) is 0.861. The Balaban J connectivity index is 1.65. The molecular formula is C19H25N5O3. The number of carbonyl (C=O) groups excluding carboxylic acids is 1. The second-order valence-corrected chi connectivity index (χ2v) is 7.75. The molecular weight excluding hydrogens is 346 g/mol. The maximum Gasteiger partial charge on any atom is 0.280 e. The summed E-state index contributed by atoms with van der Waals surface area (Å²) in [5.41, 5.74) is 6.39. The van der Waals surface area contributed by atoms with Gasteiger partial charge in [-0.1, -0.05) is 18.2 Å². The molecule has 0 saturated heterocycles. The Labute approximate surface area is 158 Å². The third-order valence-electron chi connectivity index (χ3n) is 5.74. The highest BCUT2D eigenvalue weighted by molar-refractivity contribution is 5.96. The van der Waals surface area contributed by atoms with Crippen LogP contribution < -0.4 is 10.5 Å². The zero-order valence-corrected chi connectivity index (χ0v) is 15.7. The number of rotatable bonds is 2. The van der Waals surface area contributed by atoms with Gasteiger partial charge >= 0.3 is 0 Å². The van der Waals surface area contributed by atoms with Gasteiger partial charge in [0.25, 0.3) is 5.91 Å². The molecule has 1 aliphatic heterocycles. The van der Waals surface area contributed by atoms with Gasteiger partial charge in [-0.15, -0.1) is 0 Å². The standard InChI is InChI=1S/C19H25N5O3/c1-23(2)14-7-9-19(10-8-14)12-24(18(25)16-17(20)22-27-21-16)11-13-5-3-4-6-15(13)26-19/h3-6,14H,7-12H2,1-2H3,(H2,20,22). The fourth-order valence-electron chi connectivity index (χ4n) is 4.15. The summed E-state index contributed by atoms with van der Waals surface area (Å²) >= 11 is 0. The van der Waals surface area contributed by atoms with Gasteiger partial charge < -0.3 is 20.3 Å². The second kappa shape index (κ2) is 6.84. The molecule has 4 rings (SSSR count). The fourth-order valence-corrected chi connectivity index (χ4v) is 4.15. The smallest absolute Gasteiger partial charge is 0.280 e. The van der Waals surface area contributed by atoms with Crippen molar-refractivity contribution in [2.45, 2.75) is 43.9 Å². The number of carbonyl (C=O) groups is 1. The molecule has 1 aromatic heterocycles. The van der Waals surface area contributed by atoms with Gasteiger partial charge in [-0.3, -0.25) is 4.79 Å². The maximum atomic E-state index is 13.1. The number of aromatic nitrogens is 2. The number of fused-ring (bicyclic) bond motifs is 1. The zero-order valence-electron chi connectivity index (χ0n) is 15.7. The van der Waals surface area contributed by atoms with Crippen LogP contribution in [0.1, 0.15) is 41.7 Å².